The van der Waals surface area contributed by atoms with Crippen molar-refractivity contribution in [3.8, 4) is 0 Å². The Kier molecular flexibility index (Phi) is 5.64. The van der Waals surface area contributed by atoms with Gasteiger partial charge in [0.2, 0.25) is 5.91 Å². The van der Waals surface area contributed by atoms with E-state index in [4.69, 9.17) is 0 Å². The van der Waals surface area contributed by atoms with E-state index in [0.717, 1.165) is 0 Å². The standard InChI is InChI=1S/C9H16F3NO2/c1-6(2)7(3)13-8(14)4-15-5-9(10,11)12/h6-7H,4-5H2,1-3H3,(H,13,14). The van der Waals surface area contributed by atoms with Crippen LogP contribution in [0.1, 0.15) is 20.8 Å². The Morgan fingerprint density at radius 2 is 1.87 bits per heavy atom. The molecule has 0 fully saturated rings. The van der Waals surface area contributed by atoms with Crippen LogP contribution in [0.15, 0.2) is 0 Å². The van der Waals surface area contributed by atoms with Gasteiger partial charge in [0.25, 0.3) is 0 Å². The number of alkyl halides is 3. The molecule has 0 aliphatic carbocycles. The molecule has 0 heterocycles. The number of amides is 1. The van der Waals surface area contributed by atoms with Gasteiger partial charge in [-0.2, -0.15) is 13.2 Å². The van der Waals surface area contributed by atoms with Crippen LogP contribution in [-0.4, -0.2) is 31.3 Å². The van der Waals surface area contributed by atoms with E-state index in [1.807, 2.05) is 13.8 Å². The van der Waals surface area contributed by atoms with Crippen molar-refractivity contribution in [2.45, 2.75) is 33.0 Å². The zero-order chi connectivity index (χ0) is 12.1. The number of hydrogen-bond acceptors (Lipinski definition) is 2. The maximum atomic E-state index is 11.6. The van der Waals surface area contributed by atoms with Gasteiger partial charge in [0.15, 0.2) is 0 Å². The summed E-state index contributed by atoms with van der Waals surface area (Å²) in [4.78, 5) is 11.0. The second kappa shape index (κ2) is 5.95. The third kappa shape index (κ3) is 8.23. The van der Waals surface area contributed by atoms with Gasteiger partial charge in [-0.05, 0) is 12.8 Å². The normalized spacial score (nSPS) is 14.1. The van der Waals surface area contributed by atoms with Gasteiger partial charge in [-0.15, -0.1) is 0 Å². The molecule has 3 nitrogen and oxygen atoms in total. The Bertz CT molecular complexity index is 204. The molecule has 1 atom stereocenters. The van der Waals surface area contributed by atoms with Crippen LogP contribution in [-0.2, 0) is 9.53 Å². The second-order valence-electron chi connectivity index (χ2n) is 3.71. The van der Waals surface area contributed by atoms with E-state index in [9.17, 15) is 18.0 Å². The van der Waals surface area contributed by atoms with Crippen LogP contribution in [0, 0.1) is 5.92 Å². The lowest BCUT2D eigenvalue weighted by atomic mass is 10.1. The number of nitrogens with one attached hydrogen (secondary N) is 1. The lowest BCUT2D eigenvalue weighted by Gasteiger charge is -2.17. The van der Waals surface area contributed by atoms with Gasteiger partial charge in [0, 0.05) is 6.04 Å². The first kappa shape index (κ1) is 14.2. The Morgan fingerprint density at radius 1 is 1.33 bits per heavy atom. The van der Waals surface area contributed by atoms with Gasteiger partial charge in [0.05, 0.1) is 0 Å². The van der Waals surface area contributed by atoms with Crippen LogP contribution in [0.5, 0.6) is 0 Å². The van der Waals surface area contributed by atoms with E-state index in [-0.39, 0.29) is 12.0 Å². The lowest BCUT2D eigenvalue weighted by Crippen LogP contribution is -2.38. The summed E-state index contributed by atoms with van der Waals surface area (Å²) < 4.78 is 39.1. The molecule has 1 amide bonds. The minimum atomic E-state index is -4.38. The van der Waals surface area contributed by atoms with Crippen molar-refractivity contribution in [1.82, 2.24) is 5.32 Å². The number of carbonyl (C=O) groups is 1. The molecule has 0 aromatic carbocycles. The number of rotatable bonds is 5. The zero-order valence-corrected chi connectivity index (χ0v) is 9.02. The molecular weight excluding hydrogens is 211 g/mol. The highest BCUT2D eigenvalue weighted by atomic mass is 19.4. The van der Waals surface area contributed by atoms with E-state index in [0.29, 0.717) is 0 Å². The molecule has 0 aromatic rings. The molecule has 0 bridgehead atoms. The van der Waals surface area contributed by atoms with Crippen LogP contribution in [0.2, 0.25) is 0 Å². The highest BCUT2D eigenvalue weighted by molar-refractivity contribution is 5.77. The summed E-state index contributed by atoms with van der Waals surface area (Å²) in [5.41, 5.74) is 0. The Hall–Kier alpha value is -0.780. The van der Waals surface area contributed by atoms with E-state index < -0.39 is 25.3 Å². The van der Waals surface area contributed by atoms with Crippen molar-refractivity contribution in [3.05, 3.63) is 0 Å². The maximum Gasteiger partial charge on any atom is 0.411 e. The molecular formula is C9H16F3NO2. The Morgan fingerprint density at radius 3 is 2.27 bits per heavy atom. The molecule has 0 radical (unpaired) electrons. The van der Waals surface area contributed by atoms with Gasteiger partial charge in [-0.3, -0.25) is 4.79 Å². The predicted octanol–water partition coefficient (Wildman–Crippen LogP) is 1.73. The van der Waals surface area contributed by atoms with Gasteiger partial charge in [-0.25, -0.2) is 0 Å². The molecule has 6 heteroatoms. The first-order valence-corrected chi connectivity index (χ1v) is 4.66. The van der Waals surface area contributed by atoms with Crippen LogP contribution in [0.25, 0.3) is 0 Å². The van der Waals surface area contributed by atoms with Crippen LogP contribution in [0.4, 0.5) is 13.2 Å². The van der Waals surface area contributed by atoms with Gasteiger partial charge >= 0.3 is 6.18 Å². The van der Waals surface area contributed by atoms with Crippen molar-refractivity contribution >= 4 is 5.91 Å². The summed E-state index contributed by atoms with van der Waals surface area (Å²) in [6.45, 7) is 3.64. The number of hydrogen-bond donors (Lipinski definition) is 1. The number of carbonyl (C=O) groups excluding carboxylic acids is 1. The molecule has 1 N–H and O–H groups in total. The zero-order valence-electron chi connectivity index (χ0n) is 9.02. The van der Waals surface area contributed by atoms with E-state index in [2.05, 4.69) is 10.1 Å². The molecule has 0 aliphatic rings. The van der Waals surface area contributed by atoms with Crippen molar-refractivity contribution in [1.29, 1.82) is 0 Å². The fraction of sp³-hybridized carbons (Fsp3) is 0.889. The minimum Gasteiger partial charge on any atom is -0.362 e. The summed E-state index contributed by atoms with van der Waals surface area (Å²) in [5.74, 6) is -0.294. The number of halogens is 3. The third-order valence-electron chi connectivity index (χ3n) is 1.89. The Balaban J connectivity index is 3.67. The highest BCUT2D eigenvalue weighted by Crippen LogP contribution is 2.14. The second-order valence-corrected chi connectivity index (χ2v) is 3.71. The molecule has 15 heavy (non-hydrogen) atoms. The van der Waals surface area contributed by atoms with Gasteiger partial charge < -0.3 is 10.1 Å². The summed E-state index contributed by atoms with van der Waals surface area (Å²) in [6, 6.07) is -0.0769. The topological polar surface area (TPSA) is 38.3 Å². The largest absolute Gasteiger partial charge is 0.411 e. The van der Waals surface area contributed by atoms with Crippen molar-refractivity contribution in [2.24, 2.45) is 5.92 Å². The van der Waals surface area contributed by atoms with E-state index in [1.165, 1.54) is 0 Å². The van der Waals surface area contributed by atoms with Crippen molar-refractivity contribution in [2.75, 3.05) is 13.2 Å². The van der Waals surface area contributed by atoms with E-state index in [1.54, 1.807) is 6.92 Å². The van der Waals surface area contributed by atoms with Crippen LogP contribution >= 0.6 is 0 Å². The summed E-state index contributed by atoms with van der Waals surface area (Å²) in [5, 5.41) is 2.53. The van der Waals surface area contributed by atoms with Crippen LogP contribution < -0.4 is 5.32 Å². The third-order valence-corrected chi connectivity index (χ3v) is 1.89. The Labute approximate surface area is 87.0 Å². The van der Waals surface area contributed by atoms with E-state index >= 15 is 0 Å². The smallest absolute Gasteiger partial charge is 0.362 e. The molecule has 0 aromatic heterocycles. The van der Waals surface area contributed by atoms with Crippen molar-refractivity contribution in [3.63, 3.8) is 0 Å². The van der Waals surface area contributed by atoms with Crippen molar-refractivity contribution < 1.29 is 22.7 Å². The molecule has 0 rings (SSSR count). The van der Waals surface area contributed by atoms with Crippen LogP contribution in [0.3, 0.4) is 0 Å². The first-order valence-electron chi connectivity index (χ1n) is 4.66. The molecule has 90 valence electrons. The lowest BCUT2D eigenvalue weighted by molar-refractivity contribution is -0.175. The molecule has 0 saturated carbocycles. The summed E-state index contributed by atoms with van der Waals surface area (Å²) in [6.07, 6.45) is -4.38. The molecule has 1 unspecified atom stereocenters. The summed E-state index contributed by atoms with van der Waals surface area (Å²) >= 11 is 0. The molecule has 0 aliphatic heterocycles. The van der Waals surface area contributed by atoms with Gasteiger partial charge in [-0.1, -0.05) is 13.8 Å². The predicted molar refractivity (Wildman–Crippen MR) is 49.3 cm³/mol. The molecule has 0 saturated heterocycles. The fourth-order valence-corrected chi connectivity index (χ4v) is 0.722. The maximum absolute atomic E-state index is 11.6. The quantitative estimate of drug-likeness (QED) is 0.776. The average Bonchev–Trinajstić information content (AvgIpc) is 2.01. The minimum absolute atomic E-state index is 0.0769. The fourth-order valence-electron chi connectivity index (χ4n) is 0.722. The number of ether oxygens (including phenoxy) is 1. The SMILES string of the molecule is CC(C)C(C)NC(=O)COCC(F)(F)F. The molecule has 0 spiro atoms. The van der Waals surface area contributed by atoms with Gasteiger partial charge in [0.1, 0.15) is 13.2 Å². The first-order chi connectivity index (χ1) is 6.72. The average molecular weight is 227 g/mol. The monoisotopic (exact) mass is 227 g/mol. The summed E-state index contributed by atoms with van der Waals surface area (Å²) in [7, 11) is 0. The highest BCUT2D eigenvalue weighted by Gasteiger charge is 2.27.